The van der Waals surface area contributed by atoms with Crippen molar-refractivity contribution in [1.29, 1.82) is 0 Å². The molecule has 1 N–H and O–H groups in total. The summed E-state index contributed by atoms with van der Waals surface area (Å²) in [6, 6.07) is 5.79. The van der Waals surface area contributed by atoms with E-state index in [1.54, 1.807) is 0 Å². The second kappa shape index (κ2) is 7.26. The molecule has 10 heteroatoms. The minimum Gasteiger partial charge on any atom is -0.322 e. The molecule has 2 aromatic carbocycles. The maximum Gasteiger partial charge on any atom is 0.435 e. The van der Waals surface area contributed by atoms with Crippen molar-refractivity contribution in [3.63, 3.8) is 0 Å². The molecular weight excluding hydrogens is 400 g/mol. The van der Waals surface area contributed by atoms with Crippen LogP contribution in [0.25, 0.3) is 11.3 Å². The fourth-order valence-electron chi connectivity index (χ4n) is 2.77. The molecule has 1 amide bonds. The zero-order valence-electron chi connectivity index (χ0n) is 15.0. The lowest BCUT2D eigenvalue weighted by atomic mass is 10.1. The van der Waals surface area contributed by atoms with Crippen LogP contribution in [0, 0.1) is 24.4 Å². The lowest BCUT2D eigenvalue weighted by molar-refractivity contribution is -0.141. The van der Waals surface area contributed by atoms with E-state index in [0.717, 1.165) is 28.9 Å². The van der Waals surface area contributed by atoms with Crippen molar-refractivity contribution >= 4 is 11.6 Å². The monoisotopic (exact) mass is 413 g/mol. The lowest BCUT2D eigenvalue weighted by Gasteiger charge is -2.10. The van der Waals surface area contributed by atoms with Crippen LogP contribution in [0.1, 0.15) is 21.6 Å². The van der Waals surface area contributed by atoms with Crippen LogP contribution in [-0.2, 0) is 13.2 Å². The Hall–Kier alpha value is -3.30. The van der Waals surface area contributed by atoms with Gasteiger partial charge in [-0.1, -0.05) is 0 Å². The summed E-state index contributed by atoms with van der Waals surface area (Å²) >= 11 is 0. The number of hydrogen-bond donors (Lipinski definition) is 1. The molecule has 0 fully saturated rings. The molecule has 152 valence electrons. The van der Waals surface area contributed by atoms with Crippen LogP contribution in [0.2, 0.25) is 0 Å². The van der Waals surface area contributed by atoms with Gasteiger partial charge in [0.15, 0.2) is 5.69 Å². The topological polar surface area (TPSA) is 46.9 Å². The highest BCUT2D eigenvalue weighted by Crippen LogP contribution is 2.33. The van der Waals surface area contributed by atoms with Crippen molar-refractivity contribution in [3.8, 4) is 11.3 Å². The van der Waals surface area contributed by atoms with Crippen molar-refractivity contribution in [2.45, 2.75) is 13.1 Å². The van der Waals surface area contributed by atoms with Gasteiger partial charge in [0.05, 0.1) is 5.69 Å². The zero-order valence-corrected chi connectivity index (χ0v) is 15.0. The summed E-state index contributed by atoms with van der Waals surface area (Å²) in [6.07, 6.45) is -4.69. The van der Waals surface area contributed by atoms with Crippen molar-refractivity contribution in [3.05, 3.63) is 70.7 Å². The Bertz CT molecular complexity index is 1080. The maximum atomic E-state index is 14.5. The van der Waals surface area contributed by atoms with Gasteiger partial charge in [0, 0.05) is 18.3 Å². The fraction of sp³-hybridized carbons (Fsp3) is 0.158. The van der Waals surface area contributed by atoms with E-state index in [2.05, 4.69) is 10.4 Å². The fourth-order valence-corrected chi connectivity index (χ4v) is 2.77. The van der Waals surface area contributed by atoms with Gasteiger partial charge in [-0.2, -0.15) is 18.3 Å². The van der Waals surface area contributed by atoms with Gasteiger partial charge < -0.3 is 5.32 Å². The van der Waals surface area contributed by atoms with Crippen LogP contribution in [0.3, 0.4) is 0 Å². The highest BCUT2D eigenvalue weighted by molar-refractivity contribution is 6.04. The van der Waals surface area contributed by atoms with Crippen LogP contribution in [0.4, 0.5) is 32.0 Å². The minimum absolute atomic E-state index is 0.131. The molecule has 0 aliphatic rings. The number of aromatic nitrogens is 2. The van der Waals surface area contributed by atoms with Crippen molar-refractivity contribution in [2.24, 2.45) is 7.05 Å². The van der Waals surface area contributed by atoms with Gasteiger partial charge in [0.25, 0.3) is 5.91 Å². The first kappa shape index (κ1) is 20.4. The van der Waals surface area contributed by atoms with E-state index in [-0.39, 0.29) is 22.5 Å². The predicted molar refractivity (Wildman–Crippen MR) is 92.7 cm³/mol. The molecule has 0 saturated heterocycles. The number of amides is 1. The molecular formula is C19H13F6N3O. The average molecular weight is 413 g/mol. The summed E-state index contributed by atoms with van der Waals surface area (Å²) in [5.41, 5.74) is -2.20. The standard InChI is InChI=1S/C19H13F6N3O/c1-9-5-13(21)17(14(22)6-9)18(29)26-10-3-4-11(12(20)7-10)15-8-16(19(23,24)25)27-28(15)2/h3-8H,1-2H3,(H,26,29). The van der Waals surface area contributed by atoms with Crippen LogP contribution in [-0.4, -0.2) is 15.7 Å². The van der Waals surface area contributed by atoms with E-state index in [1.807, 2.05) is 0 Å². The number of carbonyl (C=O) groups excluding carboxylic acids is 1. The average Bonchev–Trinajstić information content (AvgIpc) is 2.96. The third kappa shape index (κ3) is 4.10. The lowest BCUT2D eigenvalue weighted by Crippen LogP contribution is -2.16. The number of halogens is 6. The number of hydrogen-bond acceptors (Lipinski definition) is 2. The number of alkyl halides is 3. The smallest absolute Gasteiger partial charge is 0.322 e. The largest absolute Gasteiger partial charge is 0.435 e. The Morgan fingerprint density at radius 3 is 2.14 bits per heavy atom. The number of aryl methyl sites for hydroxylation is 2. The first-order valence-electron chi connectivity index (χ1n) is 8.15. The SMILES string of the molecule is Cc1cc(F)c(C(=O)Nc2ccc(-c3cc(C(F)(F)F)nn3C)c(F)c2)c(F)c1. The summed E-state index contributed by atoms with van der Waals surface area (Å²) in [7, 11) is 1.22. The number of carbonyl (C=O) groups is 1. The third-order valence-corrected chi connectivity index (χ3v) is 4.09. The quantitative estimate of drug-likeness (QED) is 0.609. The summed E-state index contributed by atoms with van der Waals surface area (Å²) in [5.74, 6) is -4.24. The van der Waals surface area contributed by atoms with Gasteiger partial charge in [0.1, 0.15) is 23.0 Å². The normalized spacial score (nSPS) is 11.6. The van der Waals surface area contributed by atoms with E-state index in [9.17, 15) is 31.1 Å². The van der Waals surface area contributed by atoms with Gasteiger partial charge in [-0.05, 0) is 48.9 Å². The van der Waals surface area contributed by atoms with Gasteiger partial charge >= 0.3 is 6.18 Å². The molecule has 1 aromatic heterocycles. The number of nitrogens with one attached hydrogen (secondary N) is 1. The molecule has 1 heterocycles. The molecule has 3 aromatic rings. The first-order chi connectivity index (χ1) is 13.5. The number of anilines is 1. The molecule has 3 rings (SSSR count). The first-order valence-corrected chi connectivity index (χ1v) is 8.15. The molecule has 0 spiro atoms. The van der Waals surface area contributed by atoms with Crippen LogP contribution in [0.5, 0.6) is 0 Å². The molecule has 0 unspecified atom stereocenters. The van der Waals surface area contributed by atoms with E-state index in [4.69, 9.17) is 0 Å². The van der Waals surface area contributed by atoms with Crippen LogP contribution in [0.15, 0.2) is 36.4 Å². The van der Waals surface area contributed by atoms with Crippen LogP contribution < -0.4 is 5.32 Å². The van der Waals surface area contributed by atoms with Crippen molar-refractivity contribution in [2.75, 3.05) is 5.32 Å². The molecule has 0 radical (unpaired) electrons. The Kier molecular flexibility index (Phi) is 5.12. The molecule has 4 nitrogen and oxygen atoms in total. The second-order valence-corrected chi connectivity index (χ2v) is 6.29. The Balaban J connectivity index is 1.89. The minimum atomic E-state index is -4.69. The number of rotatable bonds is 3. The number of nitrogens with zero attached hydrogens (tertiary/aromatic N) is 2. The van der Waals surface area contributed by atoms with E-state index in [1.165, 1.54) is 20.0 Å². The zero-order chi connectivity index (χ0) is 21.5. The number of benzene rings is 2. The van der Waals surface area contributed by atoms with Gasteiger partial charge in [0.2, 0.25) is 0 Å². The molecule has 29 heavy (non-hydrogen) atoms. The Morgan fingerprint density at radius 1 is 1.00 bits per heavy atom. The van der Waals surface area contributed by atoms with Gasteiger partial charge in [-0.25, -0.2) is 13.2 Å². The second-order valence-electron chi connectivity index (χ2n) is 6.29. The van der Waals surface area contributed by atoms with Gasteiger partial charge in [-0.3, -0.25) is 9.48 Å². The summed E-state index contributed by atoms with van der Waals surface area (Å²) in [4.78, 5) is 12.1. The van der Waals surface area contributed by atoms with E-state index in [0.29, 0.717) is 6.07 Å². The summed E-state index contributed by atoms with van der Waals surface area (Å²) < 4.78 is 81.5. The predicted octanol–water partition coefficient (Wildman–Crippen LogP) is 5.08. The molecule has 0 bridgehead atoms. The molecule has 0 aliphatic heterocycles. The van der Waals surface area contributed by atoms with E-state index >= 15 is 0 Å². The van der Waals surface area contributed by atoms with Gasteiger partial charge in [-0.15, -0.1) is 0 Å². The van der Waals surface area contributed by atoms with E-state index < -0.39 is 40.8 Å². The molecule has 0 aliphatic carbocycles. The molecule has 0 atom stereocenters. The van der Waals surface area contributed by atoms with Crippen molar-refractivity contribution in [1.82, 2.24) is 9.78 Å². The highest BCUT2D eigenvalue weighted by atomic mass is 19.4. The van der Waals surface area contributed by atoms with Crippen LogP contribution >= 0.6 is 0 Å². The Morgan fingerprint density at radius 2 is 1.62 bits per heavy atom. The summed E-state index contributed by atoms with van der Waals surface area (Å²) in [5, 5.41) is 5.47. The third-order valence-electron chi connectivity index (χ3n) is 4.09. The highest BCUT2D eigenvalue weighted by Gasteiger charge is 2.35. The molecule has 0 saturated carbocycles. The summed E-state index contributed by atoms with van der Waals surface area (Å²) in [6.45, 7) is 1.45. The maximum absolute atomic E-state index is 14.5. The Labute approximate surface area is 160 Å². The van der Waals surface area contributed by atoms with Crippen molar-refractivity contribution < 1.29 is 31.1 Å².